The number of fused-ring (bicyclic) bond motifs is 2. The highest BCUT2D eigenvalue weighted by molar-refractivity contribution is 7.22. The molecule has 7 rings (SSSR count). The topological polar surface area (TPSA) is 25.8 Å². The Balaban J connectivity index is 1.41. The first-order valence-corrected chi connectivity index (χ1v) is 15.2. The molecule has 0 saturated heterocycles. The normalized spacial score (nSPS) is 12.9. The molecule has 7 heteroatoms. The van der Waals surface area contributed by atoms with Crippen LogP contribution in [0.2, 0.25) is 0 Å². The summed E-state index contributed by atoms with van der Waals surface area (Å²) >= 11 is 8.97. The SMILES string of the molecule is C(/c1ccc(-c2cccs2)s1)=c1/s/c(=C\c2ccc(-c3cccs3)s2)c2nc3ccccc3nc12. The molecule has 0 unspecified atom stereocenters. The van der Waals surface area contributed by atoms with Crippen LogP contribution in [0.4, 0.5) is 0 Å². The molecule has 2 nitrogen and oxygen atoms in total. The second-order valence-electron chi connectivity index (χ2n) is 7.89. The summed E-state index contributed by atoms with van der Waals surface area (Å²) in [6.45, 7) is 0. The third-order valence-corrected chi connectivity index (χ3v) is 10.8. The van der Waals surface area contributed by atoms with E-state index in [1.165, 1.54) is 29.3 Å². The Labute approximate surface area is 221 Å². The molecule has 168 valence electrons. The maximum atomic E-state index is 5.05. The molecule has 0 aliphatic rings. The predicted octanol–water partition coefficient (Wildman–Crippen LogP) is 8.08. The van der Waals surface area contributed by atoms with Gasteiger partial charge in [0.2, 0.25) is 0 Å². The average molecular weight is 541 g/mol. The minimum absolute atomic E-state index is 0.931. The van der Waals surface area contributed by atoms with Crippen LogP contribution in [-0.2, 0) is 0 Å². The number of nitrogens with zero attached hydrogens (tertiary/aromatic N) is 2. The minimum atomic E-state index is 0.931. The lowest BCUT2D eigenvalue weighted by Crippen LogP contribution is -1.97. The van der Waals surface area contributed by atoms with Crippen molar-refractivity contribution < 1.29 is 0 Å². The zero-order chi connectivity index (χ0) is 23.2. The van der Waals surface area contributed by atoms with E-state index in [1.807, 2.05) is 46.9 Å². The third-order valence-electron chi connectivity index (χ3n) is 5.59. The molecule has 0 saturated carbocycles. The summed E-state index contributed by atoms with van der Waals surface area (Å²) in [5.74, 6) is 0. The van der Waals surface area contributed by atoms with E-state index in [9.17, 15) is 0 Å². The first-order chi connectivity index (χ1) is 17.3. The molecule has 6 aromatic heterocycles. The minimum Gasteiger partial charge on any atom is -0.243 e. The van der Waals surface area contributed by atoms with Crippen LogP contribution in [-0.4, -0.2) is 9.97 Å². The molecule has 0 fully saturated rings. The number of thiophene rings is 5. The molecule has 6 heterocycles. The highest BCUT2D eigenvalue weighted by Crippen LogP contribution is 2.33. The van der Waals surface area contributed by atoms with Gasteiger partial charge < -0.3 is 0 Å². The number of rotatable bonds is 4. The molecule has 0 aliphatic carbocycles. The Morgan fingerprint density at radius 2 is 1.00 bits per heavy atom. The van der Waals surface area contributed by atoms with Crippen LogP contribution >= 0.6 is 56.7 Å². The Kier molecular flexibility index (Phi) is 5.45. The predicted molar refractivity (Wildman–Crippen MR) is 157 cm³/mol. The fourth-order valence-corrected chi connectivity index (χ4v) is 8.78. The maximum absolute atomic E-state index is 5.05. The van der Waals surface area contributed by atoms with Crippen LogP contribution in [0.5, 0.6) is 0 Å². The molecule has 0 radical (unpaired) electrons. The van der Waals surface area contributed by atoms with E-state index in [2.05, 4.69) is 71.4 Å². The van der Waals surface area contributed by atoms with Gasteiger partial charge in [-0.1, -0.05) is 24.3 Å². The monoisotopic (exact) mass is 540 g/mol. The summed E-state index contributed by atoms with van der Waals surface area (Å²) in [7, 11) is 0. The van der Waals surface area contributed by atoms with E-state index in [4.69, 9.17) is 9.97 Å². The third kappa shape index (κ3) is 4.09. The average Bonchev–Trinajstić information content (AvgIpc) is 3.70. The Morgan fingerprint density at radius 1 is 0.486 bits per heavy atom. The molecular formula is C28H16N2S5. The fourth-order valence-electron chi connectivity index (χ4n) is 3.98. The quantitative estimate of drug-likeness (QED) is 0.225. The van der Waals surface area contributed by atoms with Gasteiger partial charge in [0, 0.05) is 29.3 Å². The molecular weight excluding hydrogens is 525 g/mol. The lowest BCUT2D eigenvalue weighted by Gasteiger charge is -1.96. The summed E-state index contributed by atoms with van der Waals surface area (Å²) < 4.78 is 2.30. The van der Waals surface area contributed by atoms with Crippen LogP contribution in [0, 0.1) is 0 Å². The van der Waals surface area contributed by atoms with E-state index in [0.29, 0.717) is 0 Å². The van der Waals surface area contributed by atoms with Gasteiger partial charge in [-0.05, 0) is 71.4 Å². The fraction of sp³-hybridized carbons (Fsp3) is 0. The van der Waals surface area contributed by atoms with Gasteiger partial charge in [-0.2, -0.15) is 0 Å². The second kappa shape index (κ2) is 8.93. The zero-order valence-corrected chi connectivity index (χ0v) is 22.3. The van der Waals surface area contributed by atoms with Gasteiger partial charge in [-0.3, -0.25) is 0 Å². The number of benzene rings is 1. The van der Waals surface area contributed by atoms with Gasteiger partial charge in [-0.25, -0.2) is 9.97 Å². The smallest absolute Gasteiger partial charge is 0.108 e. The van der Waals surface area contributed by atoms with Crippen molar-refractivity contribution in [1.29, 1.82) is 0 Å². The Morgan fingerprint density at radius 3 is 1.46 bits per heavy atom. The van der Waals surface area contributed by atoms with E-state index >= 15 is 0 Å². The molecule has 0 spiro atoms. The largest absolute Gasteiger partial charge is 0.243 e. The highest BCUT2D eigenvalue weighted by Gasteiger charge is 2.10. The van der Waals surface area contributed by atoms with Crippen molar-refractivity contribution >= 4 is 90.9 Å². The van der Waals surface area contributed by atoms with Crippen molar-refractivity contribution in [2.75, 3.05) is 0 Å². The first kappa shape index (κ1) is 21.4. The first-order valence-electron chi connectivity index (χ1n) is 11.0. The summed E-state index contributed by atoms with van der Waals surface area (Å²) in [4.78, 5) is 17.8. The Hall–Kier alpha value is -2.94. The van der Waals surface area contributed by atoms with Gasteiger partial charge in [0.1, 0.15) is 11.0 Å². The van der Waals surface area contributed by atoms with Gasteiger partial charge in [0.15, 0.2) is 0 Å². The molecule has 0 N–H and O–H groups in total. The number of para-hydroxylation sites is 2. The standard InChI is InChI=1S/C28H16N2S5/c1-2-6-20-19(5-1)29-27-25(15-17-9-11-23(33-17)21-7-3-13-31-21)35-26(28(27)30-20)16-18-10-12-24(34-18)22-8-4-14-32-22/h1-16H/b25-15-,26-16-. The Bertz CT molecular complexity index is 1760. The summed E-state index contributed by atoms with van der Waals surface area (Å²) in [6.07, 6.45) is 4.53. The summed E-state index contributed by atoms with van der Waals surface area (Å²) in [6, 6.07) is 25.5. The van der Waals surface area contributed by atoms with E-state index in [0.717, 1.165) is 31.1 Å². The lowest BCUT2D eigenvalue weighted by molar-refractivity contribution is 1.40. The second-order valence-corrected chi connectivity index (χ2v) is 13.1. The summed E-state index contributed by atoms with van der Waals surface area (Å²) in [5.41, 5.74) is 3.81. The van der Waals surface area contributed by atoms with Crippen molar-refractivity contribution in [3.8, 4) is 19.5 Å². The van der Waals surface area contributed by atoms with Crippen molar-refractivity contribution in [3.63, 3.8) is 0 Å². The van der Waals surface area contributed by atoms with Gasteiger partial charge in [0.25, 0.3) is 0 Å². The van der Waals surface area contributed by atoms with Crippen LogP contribution in [0.25, 0.3) is 53.7 Å². The molecule has 0 amide bonds. The van der Waals surface area contributed by atoms with Crippen molar-refractivity contribution in [3.05, 3.63) is 102 Å². The molecule has 35 heavy (non-hydrogen) atoms. The van der Waals surface area contributed by atoms with Crippen LogP contribution in [0.3, 0.4) is 0 Å². The van der Waals surface area contributed by atoms with Gasteiger partial charge >= 0.3 is 0 Å². The van der Waals surface area contributed by atoms with Crippen molar-refractivity contribution in [2.45, 2.75) is 0 Å². The summed E-state index contributed by atoms with van der Waals surface area (Å²) in [5, 5.41) is 4.25. The maximum Gasteiger partial charge on any atom is 0.108 e. The molecule has 0 bridgehead atoms. The van der Waals surface area contributed by atoms with Crippen LogP contribution in [0.15, 0.2) is 83.6 Å². The van der Waals surface area contributed by atoms with Gasteiger partial charge in [0.05, 0.1) is 20.1 Å². The molecule has 0 atom stereocenters. The lowest BCUT2D eigenvalue weighted by atomic mass is 10.2. The van der Waals surface area contributed by atoms with Gasteiger partial charge in [-0.15, -0.1) is 56.7 Å². The number of hydrogen-bond donors (Lipinski definition) is 0. The van der Waals surface area contributed by atoms with E-state index in [-0.39, 0.29) is 0 Å². The van der Waals surface area contributed by atoms with Crippen LogP contribution in [0.1, 0.15) is 9.75 Å². The molecule has 0 aliphatic heterocycles. The van der Waals surface area contributed by atoms with E-state index < -0.39 is 0 Å². The molecule has 1 aromatic carbocycles. The van der Waals surface area contributed by atoms with E-state index in [1.54, 1.807) is 34.0 Å². The van der Waals surface area contributed by atoms with Crippen molar-refractivity contribution in [2.24, 2.45) is 0 Å². The number of aromatic nitrogens is 2. The highest BCUT2D eigenvalue weighted by atomic mass is 32.1. The molecule has 7 aromatic rings. The van der Waals surface area contributed by atoms with Crippen molar-refractivity contribution in [1.82, 2.24) is 9.97 Å². The van der Waals surface area contributed by atoms with Crippen LogP contribution < -0.4 is 9.06 Å². The zero-order valence-electron chi connectivity index (χ0n) is 18.2. The number of hydrogen-bond acceptors (Lipinski definition) is 7.